The van der Waals surface area contributed by atoms with Gasteiger partial charge >= 0.3 is 0 Å². The van der Waals surface area contributed by atoms with Crippen LogP contribution in [0.4, 0.5) is 0 Å². The van der Waals surface area contributed by atoms with Crippen molar-refractivity contribution in [3.8, 4) is 5.75 Å². The molecule has 3 nitrogen and oxygen atoms in total. The van der Waals surface area contributed by atoms with Crippen LogP contribution in [0.15, 0.2) is 22.7 Å². The molecule has 0 unspecified atom stereocenters. The van der Waals surface area contributed by atoms with Crippen molar-refractivity contribution in [1.82, 2.24) is 5.32 Å². The summed E-state index contributed by atoms with van der Waals surface area (Å²) < 4.78 is 0.934. The van der Waals surface area contributed by atoms with Gasteiger partial charge < -0.3 is 15.5 Å². The zero-order valence-corrected chi connectivity index (χ0v) is 9.58. The van der Waals surface area contributed by atoms with Gasteiger partial charge in [-0.3, -0.25) is 0 Å². The molecule has 78 valence electrons. The van der Waals surface area contributed by atoms with E-state index in [0.29, 0.717) is 6.54 Å². The third kappa shape index (κ3) is 3.29. The first-order valence-corrected chi connectivity index (χ1v) is 5.24. The smallest absolute Gasteiger partial charge is 0.120 e. The number of aromatic hydroxyl groups is 1. The number of aliphatic hydroxyl groups is 1. The molecule has 0 aliphatic carbocycles. The first-order chi connectivity index (χ1) is 6.63. The summed E-state index contributed by atoms with van der Waals surface area (Å²) in [4.78, 5) is 0. The van der Waals surface area contributed by atoms with Crippen molar-refractivity contribution in [2.75, 3.05) is 6.61 Å². The highest BCUT2D eigenvalue weighted by atomic mass is 79.9. The molecular weight excluding hydrogens is 246 g/mol. The van der Waals surface area contributed by atoms with E-state index in [1.807, 2.05) is 13.0 Å². The molecule has 0 aliphatic heterocycles. The van der Waals surface area contributed by atoms with Gasteiger partial charge in [0.2, 0.25) is 0 Å². The van der Waals surface area contributed by atoms with Crippen molar-refractivity contribution in [3.05, 3.63) is 28.2 Å². The zero-order valence-electron chi connectivity index (χ0n) is 8.00. The Hall–Kier alpha value is -0.580. The quantitative estimate of drug-likeness (QED) is 0.771. The average Bonchev–Trinajstić information content (AvgIpc) is 2.19. The Kier molecular flexibility index (Phi) is 4.38. The summed E-state index contributed by atoms with van der Waals surface area (Å²) in [6.45, 7) is 2.52. The molecule has 0 aliphatic rings. The van der Waals surface area contributed by atoms with Crippen molar-refractivity contribution in [3.63, 3.8) is 0 Å². The topological polar surface area (TPSA) is 52.5 Å². The summed E-state index contributed by atoms with van der Waals surface area (Å²) in [7, 11) is 0. The van der Waals surface area contributed by atoms with Gasteiger partial charge in [0, 0.05) is 22.6 Å². The first-order valence-electron chi connectivity index (χ1n) is 4.45. The predicted octanol–water partition coefficient (Wildman–Crippen LogP) is 1.63. The van der Waals surface area contributed by atoms with Crippen molar-refractivity contribution < 1.29 is 10.2 Å². The molecule has 0 spiro atoms. The fraction of sp³-hybridized carbons (Fsp3) is 0.400. The van der Waals surface area contributed by atoms with Gasteiger partial charge in [-0.1, -0.05) is 15.9 Å². The largest absolute Gasteiger partial charge is 0.508 e. The number of nitrogens with one attached hydrogen (secondary N) is 1. The Morgan fingerprint density at radius 3 is 2.86 bits per heavy atom. The molecule has 1 rings (SSSR count). The predicted molar refractivity (Wildman–Crippen MR) is 59.2 cm³/mol. The van der Waals surface area contributed by atoms with Crippen LogP contribution in [0.2, 0.25) is 0 Å². The molecule has 0 saturated carbocycles. The van der Waals surface area contributed by atoms with Gasteiger partial charge in [-0.05, 0) is 25.1 Å². The van der Waals surface area contributed by atoms with Gasteiger partial charge in [0.15, 0.2) is 0 Å². The summed E-state index contributed by atoms with van der Waals surface area (Å²) >= 11 is 3.33. The lowest BCUT2D eigenvalue weighted by atomic mass is 10.2. The molecule has 0 radical (unpaired) electrons. The third-order valence-corrected chi connectivity index (χ3v) is 2.45. The molecule has 0 bridgehead atoms. The van der Waals surface area contributed by atoms with Crippen LogP contribution >= 0.6 is 15.9 Å². The lowest BCUT2D eigenvalue weighted by Crippen LogP contribution is -2.28. The average molecular weight is 260 g/mol. The molecule has 4 heteroatoms. The molecule has 1 aromatic carbocycles. The molecule has 0 amide bonds. The lowest BCUT2D eigenvalue weighted by Gasteiger charge is -2.11. The van der Waals surface area contributed by atoms with Gasteiger partial charge in [0.25, 0.3) is 0 Å². The summed E-state index contributed by atoms with van der Waals surface area (Å²) in [5.41, 5.74) is 0.819. The monoisotopic (exact) mass is 259 g/mol. The number of halogens is 1. The van der Waals surface area contributed by atoms with E-state index in [4.69, 9.17) is 5.11 Å². The van der Waals surface area contributed by atoms with Crippen LogP contribution in [0.1, 0.15) is 12.5 Å². The minimum Gasteiger partial charge on any atom is -0.508 e. The maximum atomic E-state index is 9.50. The second-order valence-corrected chi connectivity index (χ2v) is 4.15. The highest BCUT2D eigenvalue weighted by Crippen LogP contribution is 2.21. The Morgan fingerprint density at radius 2 is 2.21 bits per heavy atom. The maximum absolute atomic E-state index is 9.50. The van der Waals surface area contributed by atoms with Crippen LogP contribution in [0.25, 0.3) is 0 Å². The molecule has 1 atom stereocenters. The standard InChI is InChI=1S/C10H14BrNO2/c1-7(6-13)12-5-8-4-9(11)2-3-10(8)14/h2-4,7,12-14H,5-6H2,1H3/t7-/m0/s1. The van der Waals surface area contributed by atoms with E-state index >= 15 is 0 Å². The van der Waals surface area contributed by atoms with Gasteiger partial charge in [-0.2, -0.15) is 0 Å². The highest BCUT2D eigenvalue weighted by Gasteiger charge is 2.03. The van der Waals surface area contributed by atoms with Crippen LogP contribution < -0.4 is 5.32 Å². The third-order valence-electron chi connectivity index (χ3n) is 1.96. The molecule has 0 heterocycles. The van der Waals surface area contributed by atoms with Gasteiger partial charge in [-0.25, -0.2) is 0 Å². The number of hydrogen-bond donors (Lipinski definition) is 3. The molecular formula is C10H14BrNO2. The molecule has 14 heavy (non-hydrogen) atoms. The van der Waals surface area contributed by atoms with Crippen LogP contribution in [-0.4, -0.2) is 22.9 Å². The van der Waals surface area contributed by atoms with E-state index in [1.165, 1.54) is 0 Å². The molecule has 0 aromatic heterocycles. The number of benzene rings is 1. The number of hydrogen-bond acceptors (Lipinski definition) is 3. The SMILES string of the molecule is C[C@@H](CO)NCc1cc(Br)ccc1O. The van der Waals surface area contributed by atoms with Crippen LogP contribution in [0.3, 0.4) is 0 Å². The maximum Gasteiger partial charge on any atom is 0.120 e. The van der Waals surface area contributed by atoms with Crippen molar-refractivity contribution >= 4 is 15.9 Å². The van der Waals surface area contributed by atoms with E-state index < -0.39 is 0 Å². The van der Waals surface area contributed by atoms with Crippen molar-refractivity contribution in [2.45, 2.75) is 19.5 Å². The van der Waals surface area contributed by atoms with Crippen LogP contribution in [0.5, 0.6) is 5.75 Å². The fourth-order valence-electron chi connectivity index (χ4n) is 1.04. The van der Waals surface area contributed by atoms with Crippen molar-refractivity contribution in [2.24, 2.45) is 0 Å². The second kappa shape index (κ2) is 5.34. The Morgan fingerprint density at radius 1 is 1.50 bits per heavy atom. The molecule has 0 saturated heterocycles. The number of rotatable bonds is 4. The Bertz CT molecular complexity index is 304. The number of phenols is 1. The Labute approximate surface area is 91.9 Å². The van der Waals surface area contributed by atoms with E-state index in [-0.39, 0.29) is 18.4 Å². The normalized spacial score (nSPS) is 12.8. The van der Waals surface area contributed by atoms with Gasteiger partial charge in [-0.15, -0.1) is 0 Å². The second-order valence-electron chi connectivity index (χ2n) is 3.24. The van der Waals surface area contributed by atoms with E-state index in [0.717, 1.165) is 10.0 Å². The summed E-state index contributed by atoms with van der Waals surface area (Å²) in [5.74, 6) is 0.269. The minimum atomic E-state index is 0.0355. The molecule has 0 fully saturated rings. The molecule has 3 N–H and O–H groups in total. The molecule has 1 aromatic rings. The highest BCUT2D eigenvalue weighted by molar-refractivity contribution is 9.10. The minimum absolute atomic E-state index is 0.0355. The fourth-order valence-corrected chi connectivity index (χ4v) is 1.45. The van der Waals surface area contributed by atoms with Gasteiger partial charge in [0.05, 0.1) is 6.61 Å². The van der Waals surface area contributed by atoms with Gasteiger partial charge in [0.1, 0.15) is 5.75 Å². The van der Waals surface area contributed by atoms with Crippen LogP contribution in [0, 0.1) is 0 Å². The van der Waals surface area contributed by atoms with E-state index in [1.54, 1.807) is 12.1 Å². The summed E-state index contributed by atoms with van der Waals surface area (Å²) in [6.07, 6.45) is 0. The zero-order chi connectivity index (χ0) is 10.6. The summed E-state index contributed by atoms with van der Waals surface area (Å²) in [5, 5.41) is 21.4. The lowest BCUT2D eigenvalue weighted by molar-refractivity contribution is 0.250. The van der Waals surface area contributed by atoms with E-state index in [2.05, 4.69) is 21.2 Å². The summed E-state index contributed by atoms with van der Waals surface area (Å²) in [6, 6.07) is 5.32. The van der Waals surface area contributed by atoms with Crippen molar-refractivity contribution in [1.29, 1.82) is 0 Å². The Balaban J connectivity index is 2.62. The van der Waals surface area contributed by atoms with E-state index in [9.17, 15) is 5.11 Å². The number of aliphatic hydroxyl groups excluding tert-OH is 1. The van der Waals surface area contributed by atoms with Crippen LogP contribution in [-0.2, 0) is 6.54 Å². The first kappa shape index (κ1) is 11.5. The number of phenolic OH excluding ortho intramolecular Hbond substituents is 1.